The number of rotatable bonds is 8. The minimum atomic E-state index is -0.109. The number of amides is 1. The molecule has 1 aromatic carbocycles. The summed E-state index contributed by atoms with van der Waals surface area (Å²) in [4.78, 5) is 11.7. The van der Waals surface area contributed by atoms with E-state index in [-0.39, 0.29) is 12.5 Å². The molecule has 0 aliphatic carbocycles. The first kappa shape index (κ1) is 16.0. The SMILES string of the molecule is CCOc1ccc(NC(=O)CCCCBr)cc1CO. The lowest BCUT2D eigenvalue weighted by Gasteiger charge is -2.11. The molecule has 19 heavy (non-hydrogen) atoms. The molecule has 1 rings (SSSR count). The highest BCUT2D eigenvalue weighted by Crippen LogP contribution is 2.23. The van der Waals surface area contributed by atoms with Crippen molar-refractivity contribution in [3.8, 4) is 5.75 Å². The second kappa shape index (κ2) is 8.93. The number of ether oxygens (including phenoxy) is 1. The van der Waals surface area contributed by atoms with Crippen molar-refractivity contribution >= 4 is 27.5 Å². The van der Waals surface area contributed by atoms with Gasteiger partial charge in [0.25, 0.3) is 0 Å². The maximum atomic E-state index is 11.7. The average Bonchev–Trinajstić information content (AvgIpc) is 2.41. The van der Waals surface area contributed by atoms with Crippen molar-refractivity contribution in [1.82, 2.24) is 0 Å². The lowest BCUT2D eigenvalue weighted by Crippen LogP contribution is -2.11. The van der Waals surface area contributed by atoms with Gasteiger partial charge in [-0.15, -0.1) is 0 Å². The summed E-state index contributed by atoms with van der Waals surface area (Å²) in [6, 6.07) is 5.29. The van der Waals surface area contributed by atoms with E-state index in [9.17, 15) is 9.90 Å². The Morgan fingerprint density at radius 2 is 2.21 bits per heavy atom. The van der Waals surface area contributed by atoms with E-state index in [2.05, 4.69) is 21.2 Å². The van der Waals surface area contributed by atoms with Gasteiger partial charge in [0, 0.05) is 23.0 Å². The number of carbonyl (C=O) groups excluding carboxylic acids is 1. The van der Waals surface area contributed by atoms with E-state index in [1.54, 1.807) is 18.2 Å². The van der Waals surface area contributed by atoms with Crippen molar-refractivity contribution in [2.24, 2.45) is 0 Å². The molecule has 0 aliphatic heterocycles. The van der Waals surface area contributed by atoms with Gasteiger partial charge in [-0.1, -0.05) is 15.9 Å². The zero-order valence-electron chi connectivity index (χ0n) is 11.1. The molecule has 0 saturated carbocycles. The predicted molar refractivity (Wildman–Crippen MR) is 79.8 cm³/mol. The third-order valence-electron chi connectivity index (χ3n) is 2.60. The molecule has 0 fully saturated rings. The second-order valence-electron chi connectivity index (χ2n) is 4.11. The number of carbonyl (C=O) groups is 1. The molecule has 0 bridgehead atoms. The molecule has 0 unspecified atom stereocenters. The van der Waals surface area contributed by atoms with E-state index in [1.165, 1.54) is 0 Å². The van der Waals surface area contributed by atoms with Crippen LogP contribution in [0.3, 0.4) is 0 Å². The Labute approximate surface area is 122 Å². The largest absolute Gasteiger partial charge is 0.494 e. The molecule has 0 spiro atoms. The summed E-state index contributed by atoms with van der Waals surface area (Å²) in [6.45, 7) is 2.33. The fourth-order valence-corrected chi connectivity index (χ4v) is 2.08. The number of unbranched alkanes of at least 4 members (excludes halogenated alkanes) is 1. The predicted octanol–water partition coefficient (Wildman–Crippen LogP) is 3.08. The van der Waals surface area contributed by atoms with Gasteiger partial charge in [0.2, 0.25) is 5.91 Å². The first-order valence-corrected chi connectivity index (χ1v) is 7.55. The number of halogens is 1. The smallest absolute Gasteiger partial charge is 0.224 e. The molecule has 0 saturated heterocycles. The molecule has 0 heterocycles. The Kier molecular flexibility index (Phi) is 7.52. The van der Waals surface area contributed by atoms with Gasteiger partial charge in [-0.3, -0.25) is 4.79 Å². The number of benzene rings is 1. The average molecular weight is 330 g/mol. The Hall–Kier alpha value is -1.07. The van der Waals surface area contributed by atoms with Crippen LogP contribution < -0.4 is 10.1 Å². The number of nitrogens with one attached hydrogen (secondary N) is 1. The molecular formula is C14H20BrNO3. The molecule has 0 radical (unpaired) electrons. The molecule has 0 aliphatic rings. The summed E-state index contributed by atoms with van der Waals surface area (Å²) in [7, 11) is 0. The third kappa shape index (κ3) is 5.61. The van der Waals surface area contributed by atoms with Gasteiger partial charge in [-0.2, -0.15) is 0 Å². The lowest BCUT2D eigenvalue weighted by atomic mass is 10.1. The summed E-state index contributed by atoms with van der Waals surface area (Å²) in [5, 5.41) is 13.0. The van der Waals surface area contributed by atoms with Gasteiger partial charge in [0.15, 0.2) is 0 Å². The highest BCUT2D eigenvalue weighted by molar-refractivity contribution is 9.09. The van der Waals surface area contributed by atoms with E-state index in [4.69, 9.17) is 4.74 Å². The minimum Gasteiger partial charge on any atom is -0.494 e. The van der Waals surface area contributed by atoms with Crippen molar-refractivity contribution in [2.75, 3.05) is 17.3 Å². The topological polar surface area (TPSA) is 58.6 Å². The van der Waals surface area contributed by atoms with E-state index >= 15 is 0 Å². The normalized spacial score (nSPS) is 10.3. The van der Waals surface area contributed by atoms with Crippen LogP contribution in [-0.4, -0.2) is 23.0 Å². The molecule has 5 heteroatoms. The zero-order chi connectivity index (χ0) is 14.1. The van der Waals surface area contributed by atoms with E-state index < -0.39 is 0 Å². The van der Waals surface area contributed by atoms with E-state index in [0.29, 0.717) is 30.0 Å². The van der Waals surface area contributed by atoms with Crippen molar-refractivity contribution in [2.45, 2.75) is 32.8 Å². The van der Waals surface area contributed by atoms with E-state index in [1.807, 2.05) is 6.92 Å². The summed E-state index contributed by atoms with van der Waals surface area (Å²) in [6.07, 6.45) is 2.35. The maximum Gasteiger partial charge on any atom is 0.224 e. The van der Waals surface area contributed by atoms with Gasteiger partial charge in [-0.05, 0) is 38.0 Å². The molecule has 1 amide bonds. The number of hydrogen-bond acceptors (Lipinski definition) is 3. The summed E-state index contributed by atoms with van der Waals surface area (Å²) >= 11 is 3.33. The molecule has 1 aromatic rings. The lowest BCUT2D eigenvalue weighted by molar-refractivity contribution is -0.116. The minimum absolute atomic E-state index is 0.00556. The highest BCUT2D eigenvalue weighted by atomic mass is 79.9. The van der Waals surface area contributed by atoms with Crippen LogP contribution in [0, 0.1) is 0 Å². The Morgan fingerprint density at radius 3 is 2.84 bits per heavy atom. The first-order chi connectivity index (χ1) is 9.21. The van der Waals surface area contributed by atoms with Crippen molar-refractivity contribution < 1.29 is 14.6 Å². The fourth-order valence-electron chi connectivity index (χ4n) is 1.68. The number of anilines is 1. The number of hydrogen-bond donors (Lipinski definition) is 2. The molecule has 106 valence electrons. The molecule has 4 nitrogen and oxygen atoms in total. The number of aliphatic hydroxyl groups excluding tert-OH is 1. The van der Waals surface area contributed by atoms with Crippen molar-refractivity contribution in [3.63, 3.8) is 0 Å². The van der Waals surface area contributed by atoms with Gasteiger partial charge in [0.05, 0.1) is 13.2 Å². The maximum absolute atomic E-state index is 11.7. The van der Waals surface area contributed by atoms with Gasteiger partial charge in [0.1, 0.15) is 5.75 Å². The van der Waals surface area contributed by atoms with Crippen LogP contribution in [0.4, 0.5) is 5.69 Å². The first-order valence-electron chi connectivity index (χ1n) is 6.43. The zero-order valence-corrected chi connectivity index (χ0v) is 12.7. The van der Waals surface area contributed by atoms with Crippen LogP contribution >= 0.6 is 15.9 Å². The molecule has 0 atom stereocenters. The standard InChI is InChI=1S/C14H20BrNO3/c1-2-19-13-7-6-12(9-11(13)10-17)16-14(18)5-3-4-8-15/h6-7,9,17H,2-5,8,10H2,1H3,(H,16,18). The fraction of sp³-hybridized carbons (Fsp3) is 0.500. The molecule has 2 N–H and O–H groups in total. The van der Waals surface area contributed by atoms with Crippen LogP contribution in [0.1, 0.15) is 31.7 Å². The van der Waals surface area contributed by atoms with Crippen molar-refractivity contribution in [3.05, 3.63) is 23.8 Å². The highest BCUT2D eigenvalue weighted by Gasteiger charge is 2.06. The van der Waals surface area contributed by atoms with Crippen LogP contribution in [0.5, 0.6) is 5.75 Å². The van der Waals surface area contributed by atoms with Crippen molar-refractivity contribution in [1.29, 1.82) is 0 Å². The van der Waals surface area contributed by atoms with Crippen LogP contribution in [-0.2, 0) is 11.4 Å². The number of aliphatic hydroxyl groups is 1. The van der Waals surface area contributed by atoms with Crippen LogP contribution in [0.2, 0.25) is 0 Å². The quantitative estimate of drug-likeness (QED) is 0.569. The van der Waals surface area contributed by atoms with Gasteiger partial charge >= 0.3 is 0 Å². The number of alkyl halides is 1. The Morgan fingerprint density at radius 1 is 1.42 bits per heavy atom. The van der Waals surface area contributed by atoms with E-state index in [0.717, 1.165) is 18.2 Å². The summed E-state index contributed by atoms with van der Waals surface area (Å²) < 4.78 is 5.39. The molecule has 0 aromatic heterocycles. The second-order valence-corrected chi connectivity index (χ2v) is 4.90. The monoisotopic (exact) mass is 329 g/mol. The van der Waals surface area contributed by atoms with Crippen LogP contribution in [0.25, 0.3) is 0 Å². The third-order valence-corrected chi connectivity index (χ3v) is 3.16. The summed E-state index contributed by atoms with van der Waals surface area (Å²) in [5.41, 5.74) is 1.37. The Balaban J connectivity index is 2.61. The summed E-state index contributed by atoms with van der Waals surface area (Å²) in [5.74, 6) is 0.649. The molecular weight excluding hydrogens is 310 g/mol. The van der Waals surface area contributed by atoms with Gasteiger partial charge < -0.3 is 15.2 Å². The Bertz CT molecular complexity index is 410. The van der Waals surface area contributed by atoms with Gasteiger partial charge in [-0.25, -0.2) is 0 Å². The van der Waals surface area contributed by atoms with Crippen LogP contribution in [0.15, 0.2) is 18.2 Å².